The SMILES string of the molecule is CCCNc1ncc(COc2cc(Cl)cc(Cl)c2)s1. The van der Waals surface area contributed by atoms with Gasteiger partial charge in [-0.15, -0.1) is 0 Å². The van der Waals surface area contributed by atoms with E-state index in [1.54, 1.807) is 29.5 Å². The summed E-state index contributed by atoms with van der Waals surface area (Å²) in [5.74, 6) is 0.661. The molecule has 0 atom stereocenters. The fourth-order valence-corrected chi connectivity index (χ4v) is 2.71. The highest BCUT2D eigenvalue weighted by molar-refractivity contribution is 7.15. The van der Waals surface area contributed by atoms with E-state index in [1.165, 1.54) is 0 Å². The lowest BCUT2D eigenvalue weighted by atomic mass is 10.3. The number of hydrogen-bond acceptors (Lipinski definition) is 4. The maximum Gasteiger partial charge on any atom is 0.182 e. The molecule has 1 aromatic heterocycles. The number of ether oxygens (including phenoxy) is 1. The molecule has 1 N–H and O–H groups in total. The lowest BCUT2D eigenvalue weighted by Gasteiger charge is -2.05. The van der Waals surface area contributed by atoms with Gasteiger partial charge in [0.15, 0.2) is 5.13 Å². The summed E-state index contributed by atoms with van der Waals surface area (Å²) in [5, 5.41) is 5.30. The molecule has 1 aromatic carbocycles. The zero-order valence-corrected chi connectivity index (χ0v) is 12.8. The summed E-state index contributed by atoms with van der Waals surface area (Å²) in [6.45, 7) is 3.51. The van der Waals surface area contributed by atoms with Gasteiger partial charge in [0.25, 0.3) is 0 Å². The molecule has 19 heavy (non-hydrogen) atoms. The van der Waals surface area contributed by atoms with Crippen LogP contribution in [0.5, 0.6) is 5.75 Å². The maximum atomic E-state index is 5.91. The molecule has 0 aliphatic heterocycles. The van der Waals surface area contributed by atoms with E-state index in [2.05, 4.69) is 17.2 Å². The zero-order valence-electron chi connectivity index (χ0n) is 10.5. The largest absolute Gasteiger partial charge is 0.488 e. The van der Waals surface area contributed by atoms with Crippen LogP contribution in [0.3, 0.4) is 0 Å². The fourth-order valence-electron chi connectivity index (χ4n) is 1.45. The Kier molecular flexibility index (Phi) is 5.31. The van der Waals surface area contributed by atoms with Crippen LogP contribution in [-0.2, 0) is 6.61 Å². The molecule has 102 valence electrons. The molecular weight excluding hydrogens is 303 g/mol. The van der Waals surface area contributed by atoms with Crippen LogP contribution in [0.25, 0.3) is 0 Å². The van der Waals surface area contributed by atoms with Gasteiger partial charge in [-0.1, -0.05) is 41.5 Å². The minimum absolute atomic E-state index is 0.460. The van der Waals surface area contributed by atoms with Gasteiger partial charge in [-0.2, -0.15) is 0 Å². The molecule has 0 saturated carbocycles. The first-order valence-electron chi connectivity index (χ1n) is 5.95. The summed E-state index contributed by atoms with van der Waals surface area (Å²) in [6, 6.07) is 5.16. The first-order chi connectivity index (χ1) is 9.17. The Morgan fingerprint density at radius 1 is 1.26 bits per heavy atom. The topological polar surface area (TPSA) is 34.2 Å². The first-order valence-corrected chi connectivity index (χ1v) is 7.52. The summed E-state index contributed by atoms with van der Waals surface area (Å²) in [4.78, 5) is 5.33. The molecule has 2 rings (SSSR count). The van der Waals surface area contributed by atoms with Crippen LogP contribution in [0.2, 0.25) is 10.0 Å². The summed E-state index contributed by atoms with van der Waals surface area (Å²) < 4.78 is 5.65. The number of benzene rings is 1. The average Bonchev–Trinajstić information content (AvgIpc) is 2.81. The lowest BCUT2D eigenvalue weighted by Crippen LogP contribution is -1.97. The molecule has 0 unspecified atom stereocenters. The molecule has 0 spiro atoms. The zero-order chi connectivity index (χ0) is 13.7. The van der Waals surface area contributed by atoms with E-state index in [1.807, 2.05) is 6.20 Å². The van der Waals surface area contributed by atoms with Crippen molar-refractivity contribution in [1.82, 2.24) is 4.98 Å². The van der Waals surface area contributed by atoms with E-state index in [4.69, 9.17) is 27.9 Å². The van der Waals surface area contributed by atoms with Crippen molar-refractivity contribution in [2.45, 2.75) is 20.0 Å². The lowest BCUT2D eigenvalue weighted by molar-refractivity contribution is 0.309. The number of hydrogen-bond donors (Lipinski definition) is 1. The molecule has 0 amide bonds. The minimum atomic E-state index is 0.460. The molecule has 0 aliphatic carbocycles. The molecule has 0 fully saturated rings. The molecule has 2 aromatic rings. The first kappa shape index (κ1) is 14.4. The number of rotatable bonds is 6. The smallest absolute Gasteiger partial charge is 0.182 e. The van der Waals surface area contributed by atoms with E-state index in [9.17, 15) is 0 Å². The van der Waals surface area contributed by atoms with Crippen LogP contribution in [0, 0.1) is 0 Å². The Balaban J connectivity index is 1.92. The van der Waals surface area contributed by atoms with Crippen molar-refractivity contribution < 1.29 is 4.74 Å². The number of halogens is 2. The van der Waals surface area contributed by atoms with Crippen molar-refractivity contribution in [2.24, 2.45) is 0 Å². The van der Waals surface area contributed by atoms with Gasteiger partial charge < -0.3 is 10.1 Å². The number of nitrogens with one attached hydrogen (secondary N) is 1. The van der Waals surface area contributed by atoms with E-state index in [0.717, 1.165) is 23.0 Å². The van der Waals surface area contributed by atoms with Crippen LogP contribution in [0.15, 0.2) is 24.4 Å². The highest BCUT2D eigenvalue weighted by Gasteiger charge is 2.04. The van der Waals surface area contributed by atoms with Gasteiger partial charge in [-0.3, -0.25) is 0 Å². The number of aromatic nitrogens is 1. The Morgan fingerprint density at radius 2 is 2.00 bits per heavy atom. The fraction of sp³-hybridized carbons (Fsp3) is 0.308. The van der Waals surface area contributed by atoms with E-state index < -0.39 is 0 Å². The molecule has 0 saturated heterocycles. The molecule has 1 heterocycles. The quantitative estimate of drug-likeness (QED) is 0.827. The van der Waals surface area contributed by atoms with Crippen LogP contribution < -0.4 is 10.1 Å². The third kappa shape index (κ3) is 4.56. The summed E-state index contributed by atoms with van der Waals surface area (Å²) >= 11 is 13.4. The van der Waals surface area contributed by atoms with Crippen LogP contribution in [0.1, 0.15) is 18.2 Å². The van der Waals surface area contributed by atoms with E-state index in [0.29, 0.717) is 22.4 Å². The second-order valence-electron chi connectivity index (χ2n) is 3.95. The third-order valence-electron chi connectivity index (χ3n) is 2.30. The number of anilines is 1. The Morgan fingerprint density at radius 3 is 2.68 bits per heavy atom. The van der Waals surface area contributed by atoms with Crippen molar-refractivity contribution in [3.05, 3.63) is 39.3 Å². The van der Waals surface area contributed by atoms with Crippen LogP contribution in [-0.4, -0.2) is 11.5 Å². The Labute approximate surface area is 126 Å². The summed E-state index contributed by atoms with van der Waals surface area (Å²) in [5.41, 5.74) is 0. The van der Waals surface area contributed by atoms with Gasteiger partial charge >= 0.3 is 0 Å². The van der Waals surface area contributed by atoms with Crippen molar-refractivity contribution >= 4 is 39.7 Å². The highest BCUT2D eigenvalue weighted by Crippen LogP contribution is 2.26. The Hall–Kier alpha value is -0.970. The predicted octanol–water partition coefficient (Wildman–Crippen LogP) is 4.85. The molecule has 0 radical (unpaired) electrons. The van der Waals surface area contributed by atoms with Crippen LogP contribution >= 0.6 is 34.5 Å². The Bertz CT molecular complexity index is 525. The monoisotopic (exact) mass is 316 g/mol. The van der Waals surface area contributed by atoms with Crippen LogP contribution in [0.4, 0.5) is 5.13 Å². The van der Waals surface area contributed by atoms with Gasteiger partial charge in [-0.05, 0) is 24.6 Å². The number of nitrogens with zero attached hydrogens (tertiary/aromatic N) is 1. The molecular formula is C13H14Cl2N2OS. The second-order valence-corrected chi connectivity index (χ2v) is 5.94. The second kappa shape index (κ2) is 6.98. The standard InChI is InChI=1S/C13H14Cl2N2OS/c1-2-3-16-13-17-7-12(19-13)8-18-11-5-9(14)4-10(15)6-11/h4-7H,2-3,8H2,1H3,(H,16,17). The normalized spacial score (nSPS) is 10.5. The number of thiazole rings is 1. The molecule has 3 nitrogen and oxygen atoms in total. The van der Waals surface area contributed by atoms with Crippen molar-refractivity contribution in [1.29, 1.82) is 0 Å². The van der Waals surface area contributed by atoms with Gasteiger partial charge in [0.1, 0.15) is 12.4 Å². The third-order valence-corrected chi connectivity index (χ3v) is 3.66. The summed E-state index contributed by atoms with van der Waals surface area (Å²) in [6.07, 6.45) is 2.89. The van der Waals surface area contributed by atoms with Gasteiger partial charge in [-0.25, -0.2) is 4.98 Å². The van der Waals surface area contributed by atoms with Crippen molar-refractivity contribution in [3.63, 3.8) is 0 Å². The van der Waals surface area contributed by atoms with Gasteiger partial charge in [0.2, 0.25) is 0 Å². The van der Waals surface area contributed by atoms with Gasteiger partial charge in [0.05, 0.1) is 4.88 Å². The van der Waals surface area contributed by atoms with Gasteiger partial charge in [0, 0.05) is 22.8 Å². The minimum Gasteiger partial charge on any atom is -0.488 e. The van der Waals surface area contributed by atoms with E-state index in [-0.39, 0.29) is 0 Å². The molecule has 6 heteroatoms. The average molecular weight is 317 g/mol. The highest BCUT2D eigenvalue weighted by atomic mass is 35.5. The maximum absolute atomic E-state index is 5.91. The molecule has 0 bridgehead atoms. The summed E-state index contributed by atoms with van der Waals surface area (Å²) in [7, 11) is 0. The van der Waals surface area contributed by atoms with Crippen molar-refractivity contribution in [3.8, 4) is 5.75 Å². The molecule has 0 aliphatic rings. The van der Waals surface area contributed by atoms with E-state index >= 15 is 0 Å². The predicted molar refractivity (Wildman–Crippen MR) is 81.7 cm³/mol. The van der Waals surface area contributed by atoms with Crippen molar-refractivity contribution in [2.75, 3.05) is 11.9 Å².